The minimum atomic E-state index is -0.381. The van der Waals surface area contributed by atoms with Gasteiger partial charge in [-0.2, -0.15) is 11.8 Å². The van der Waals surface area contributed by atoms with Crippen molar-refractivity contribution in [1.29, 1.82) is 0 Å². The molecule has 0 saturated heterocycles. The molecule has 0 aliphatic heterocycles. The molecule has 0 radical (unpaired) electrons. The summed E-state index contributed by atoms with van der Waals surface area (Å²) in [7, 11) is 5.40. The number of carbonyl (C=O) groups is 1. The Bertz CT molecular complexity index is 2260. The monoisotopic (exact) mass is 607 g/mol. The van der Waals surface area contributed by atoms with Crippen LogP contribution in [-0.4, -0.2) is 47.7 Å². The third-order valence-electron chi connectivity index (χ3n) is 7.82. The van der Waals surface area contributed by atoms with Crippen LogP contribution in [0.15, 0.2) is 77.2 Å². The van der Waals surface area contributed by atoms with E-state index in [0.29, 0.717) is 55.7 Å². The SMILES string of the molecule is CNC(=O)c1c(-c2ccc(F)cc2)oc2cc(N(C)C)c(-c3ccc4nc(CSC)n5c6cccc(F)c6cc5c4n3)cc12. The topological polar surface area (TPSA) is 75.7 Å². The summed E-state index contributed by atoms with van der Waals surface area (Å²) in [5, 5.41) is 3.82. The molecule has 0 spiro atoms. The highest BCUT2D eigenvalue weighted by Gasteiger charge is 2.25. The lowest BCUT2D eigenvalue weighted by molar-refractivity contribution is 0.0964. The van der Waals surface area contributed by atoms with Gasteiger partial charge in [-0.3, -0.25) is 9.20 Å². The van der Waals surface area contributed by atoms with Crippen LogP contribution in [0.3, 0.4) is 0 Å². The molecule has 0 saturated carbocycles. The van der Waals surface area contributed by atoms with Crippen LogP contribution < -0.4 is 10.2 Å². The molecule has 7 nitrogen and oxygen atoms in total. The summed E-state index contributed by atoms with van der Waals surface area (Å²) >= 11 is 1.64. The molecule has 1 amide bonds. The first kappa shape index (κ1) is 27.8. The number of fused-ring (bicyclic) bond motifs is 6. The number of anilines is 1. The molecule has 0 aliphatic carbocycles. The van der Waals surface area contributed by atoms with Crippen LogP contribution >= 0.6 is 11.8 Å². The molecule has 3 aromatic carbocycles. The van der Waals surface area contributed by atoms with E-state index in [9.17, 15) is 13.6 Å². The van der Waals surface area contributed by atoms with Gasteiger partial charge in [-0.25, -0.2) is 18.7 Å². The second-order valence-electron chi connectivity index (χ2n) is 10.7. The molecule has 0 atom stereocenters. The Morgan fingerprint density at radius 2 is 1.77 bits per heavy atom. The average molecular weight is 608 g/mol. The molecule has 4 heterocycles. The second-order valence-corrected chi connectivity index (χ2v) is 11.6. The Hall–Kier alpha value is -4.96. The van der Waals surface area contributed by atoms with E-state index in [1.54, 1.807) is 37.0 Å². The Morgan fingerprint density at radius 1 is 0.977 bits per heavy atom. The number of nitrogens with zero attached hydrogens (tertiary/aromatic N) is 4. The normalized spacial score (nSPS) is 11.7. The highest BCUT2D eigenvalue weighted by atomic mass is 32.2. The maximum atomic E-state index is 14.9. The Kier molecular flexibility index (Phi) is 6.73. The summed E-state index contributed by atoms with van der Waals surface area (Å²) in [6.45, 7) is 0. The minimum Gasteiger partial charge on any atom is -0.455 e. The third kappa shape index (κ3) is 4.36. The first-order chi connectivity index (χ1) is 21.3. The van der Waals surface area contributed by atoms with Gasteiger partial charge >= 0.3 is 0 Å². The van der Waals surface area contributed by atoms with Gasteiger partial charge in [0.1, 0.15) is 34.3 Å². The van der Waals surface area contributed by atoms with Gasteiger partial charge in [-0.1, -0.05) is 6.07 Å². The molecule has 44 heavy (non-hydrogen) atoms. The maximum Gasteiger partial charge on any atom is 0.255 e. The quantitative estimate of drug-likeness (QED) is 0.209. The molecule has 4 aromatic heterocycles. The van der Waals surface area contributed by atoms with E-state index >= 15 is 0 Å². The molecule has 0 aliphatic rings. The van der Waals surface area contributed by atoms with Gasteiger partial charge in [0.05, 0.1) is 33.6 Å². The Balaban J connectivity index is 1.51. The lowest BCUT2D eigenvalue weighted by Crippen LogP contribution is -2.18. The first-order valence-electron chi connectivity index (χ1n) is 13.9. The van der Waals surface area contributed by atoms with Gasteiger partial charge in [0.25, 0.3) is 5.91 Å². The summed E-state index contributed by atoms with van der Waals surface area (Å²) in [6, 6.07) is 20.4. The fourth-order valence-corrected chi connectivity index (χ4v) is 6.26. The number of halogens is 2. The van der Waals surface area contributed by atoms with Crippen LogP contribution in [0.4, 0.5) is 14.5 Å². The van der Waals surface area contributed by atoms with Crippen molar-refractivity contribution < 1.29 is 18.0 Å². The van der Waals surface area contributed by atoms with Crippen molar-refractivity contribution in [2.45, 2.75) is 5.75 Å². The van der Waals surface area contributed by atoms with E-state index < -0.39 is 0 Å². The van der Waals surface area contributed by atoms with Gasteiger partial charge in [0, 0.05) is 54.8 Å². The molecule has 10 heteroatoms. The number of pyridine rings is 1. The van der Waals surface area contributed by atoms with Gasteiger partial charge in [-0.15, -0.1) is 0 Å². The number of nitrogens with one attached hydrogen (secondary N) is 1. The number of amides is 1. The van der Waals surface area contributed by atoms with Crippen LogP contribution in [0, 0.1) is 11.6 Å². The number of carbonyl (C=O) groups excluding carboxylic acids is 1. The van der Waals surface area contributed by atoms with E-state index in [0.717, 1.165) is 28.1 Å². The third-order valence-corrected chi connectivity index (χ3v) is 8.36. The molecule has 7 aromatic rings. The maximum absolute atomic E-state index is 14.9. The van der Waals surface area contributed by atoms with Gasteiger partial charge in [0.2, 0.25) is 0 Å². The van der Waals surface area contributed by atoms with Gasteiger partial charge in [-0.05, 0) is 66.9 Å². The van der Waals surface area contributed by atoms with Crippen LogP contribution in [0.5, 0.6) is 0 Å². The summed E-state index contributed by atoms with van der Waals surface area (Å²) in [6.07, 6.45) is 2.01. The number of hydrogen-bond acceptors (Lipinski definition) is 6. The van der Waals surface area contributed by atoms with Crippen LogP contribution in [-0.2, 0) is 5.75 Å². The van der Waals surface area contributed by atoms with Crippen molar-refractivity contribution in [3.63, 3.8) is 0 Å². The molecule has 0 fully saturated rings. The predicted molar refractivity (Wildman–Crippen MR) is 173 cm³/mol. The minimum absolute atomic E-state index is 0.301. The number of furan rings is 1. The van der Waals surface area contributed by atoms with Crippen LogP contribution in [0.25, 0.3) is 61.0 Å². The van der Waals surface area contributed by atoms with Crippen LogP contribution in [0.1, 0.15) is 16.2 Å². The molecular weight excluding hydrogens is 580 g/mol. The van der Waals surface area contributed by atoms with Crippen molar-refractivity contribution in [2.75, 3.05) is 32.3 Å². The molecular formula is C34H27F2N5O2S. The lowest BCUT2D eigenvalue weighted by Gasteiger charge is -2.18. The van der Waals surface area contributed by atoms with E-state index in [4.69, 9.17) is 14.4 Å². The lowest BCUT2D eigenvalue weighted by atomic mass is 10.00. The van der Waals surface area contributed by atoms with Crippen molar-refractivity contribution >= 4 is 61.8 Å². The number of benzene rings is 3. The second kappa shape index (κ2) is 10.6. The number of rotatable bonds is 6. The zero-order chi connectivity index (χ0) is 30.7. The predicted octanol–water partition coefficient (Wildman–Crippen LogP) is 7.68. The zero-order valence-corrected chi connectivity index (χ0v) is 25.2. The number of thioether (sulfide) groups is 1. The Labute approximate surface area is 255 Å². The molecule has 1 N–H and O–H groups in total. The first-order valence-corrected chi connectivity index (χ1v) is 15.3. The number of aromatic nitrogens is 3. The molecule has 220 valence electrons. The van der Waals surface area contributed by atoms with Crippen molar-refractivity contribution in [2.24, 2.45) is 0 Å². The fraction of sp³-hybridized carbons (Fsp3) is 0.147. The zero-order valence-electron chi connectivity index (χ0n) is 24.4. The summed E-state index contributed by atoms with van der Waals surface area (Å²) < 4.78 is 36.9. The van der Waals surface area contributed by atoms with Gasteiger partial charge in [0.15, 0.2) is 0 Å². The van der Waals surface area contributed by atoms with Crippen LogP contribution in [0.2, 0.25) is 0 Å². The van der Waals surface area contributed by atoms with Crippen molar-refractivity contribution in [1.82, 2.24) is 19.7 Å². The number of hydrogen-bond donors (Lipinski definition) is 1. The molecule has 0 bridgehead atoms. The standard InChI is InChI=1S/C34H27F2N5O2S/c1-37-34(42)31-22-14-21(27(40(2)3)16-29(22)43-33(31)18-8-10-19(35)11-9-18)24-12-13-25-32(39-24)28-15-20-23(36)6-5-7-26(20)41(28)30(38-25)17-44-4/h5-16H,17H2,1-4H3,(H,37,42). The Morgan fingerprint density at radius 3 is 2.50 bits per heavy atom. The van der Waals surface area contributed by atoms with Crippen molar-refractivity contribution in [3.8, 4) is 22.6 Å². The smallest absolute Gasteiger partial charge is 0.255 e. The van der Waals surface area contributed by atoms with E-state index in [2.05, 4.69) is 5.32 Å². The highest BCUT2D eigenvalue weighted by Crippen LogP contribution is 2.41. The molecule has 0 unspecified atom stereocenters. The fourth-order valence-electron chi connectivity index (χ4n) is 5.80. The summed E-state index contributed by atoms with van der Waals surface area (Å²) in [4.78, 5) is 25.2. The van der Waals surface area contributed by atoms with Gasteiger partial charge < -0.3 is 14.6 Å². The largest absolute Gasteiger partial charge is 0.455 e. The summed E-state index contributed by atoms with van der Waals surface area (Å²) in [5.74, 6) is 0.801. The molecule has 7 rings (SSSR count). The van der Waals surface area contributed by atoms with E-state index in [1.807, 2.05) is 66.0 Å². The van der Waals surface area contributed by atoms with E-state index in [1.165, 1.54) is 18.2 Å². The average Bonchev–Trinajstić information content (AvgIpc) is 3.60. The van der Waals surface area contributed by atoms with Crippen molar-refractivity contribution in [3.05, 3.63) is 95.8 Å². The summed E-state index contributed by atoms with van der Waals surface area (Å²) in [5.41, 5.74) is 6.53. The highest BCUT2D eigenvalue weighted by molar-refractivity contribution is 7.97. The van der Waals surface area contributed by atoms with E-state index in [-0.39, 0.29) is 17.5 Å².